The van der Waals surface area contributed by atoms with Crippen LogP contribution in [0.15, 0.2) is 12.1 Å². The maximum absolute atomic E-state index is 13.8. The van der Waals surface area contributed by atoms with E-state index in [0.717, 1.165) is 5.52 Å². The summed E-state index contributed by atoms with van der Waals surface area (Å²) < 4.78 is 26.0. The highest BCUT2D eigenvalue weighted by atomic mass is 35.5. The first-order chi connectivity index (χ1) is 9.49. The molecule has 1 heterocycles. The zero-order valence-corrected chi connectivity index (χ0v) is 12.7. The predicted molar refractivity (Wildman–Crippen MR) is 77.1 cm³/mol. The molecule has 2 rings (SSSR count). The van der Waals surface area contributed by atoms with Crippen LogP contribution in [0.3, 0.4) is 0 Å². The van der Waals surface area contributed by atoms with Gasteiger partial charge in [-0.1, -0.05) is 0 Å². The van der Waals surface area contributed by atoms with Crippen LogP contribution >= 0.6 is 11.6 Å². The highest BCUT2D eigenvalue weighted by Crippen LogP contribution is 2.31. The first-order valence-corrected chi connectivity index (χ1v) is 6.81. The highest BCUT2D eigenvalue weighted by Gasteiger charge is 2.20. The smallest absolute Gasteiger partial charge is 0.167 e. The van der Waals surface area contributed by atoms with Crippen molar-refractivity contribution < 1.29 is 13.9 Å². The molecule has 0 saturated carbocycles. The summed E-state index contributed by atoms with van der Waals surface area (Å²) in [5, 5.41) is -0.282. The fourth-order valence-corrected chi connectivity index (χ4v) is 2.49. The average Bonchev–Trinajstić information content (AvgIpc) is 2.76. The lowest BCUT2D eigenvalue weighted by Crippen LogP contribution is -2.14. The Balaban J connectivity index is 2.69. The molecule has 0 saturated heterocycles. The summed E-state index contributed by atoms with van der Waals surface area (Å²) in [5.74, 6) is 0.453. The van der Waals surface area contributed by atoms with E-state index >= 15 is 0 Å². The molecule has 20 heavy (non-hydrogen) atoms. The number of hydrogen-bond acceptors (Lipinski definition) is 3. The molecule has 0 fully saturated rings. The maximum atomic E-state index is 13.8. The molecule has 0 bridgehead atoms. The van der Waals surface area contributed by atoms with Gasteiger partial charge in [-0.05, 0) is 13.8 Å². The molecule has 0 radical (unpaired) electrons. The lowest BCUT2D eigenvalue weighted by Gasteiger charge is -2.18. The van der Waals surface area contributed by atoms with Crippen molar-refractivity contribution in [3.05, 3.63) is 23.8 Å². The van der Waals surface area contributed by atoms with Gasteiger partial charge in [0.2, 0.25) is 0 Å². The summed E-state index contributed by atoms with van der Waals surface area (Å²) in [4.78, 5) is 4.43. The van der Waals surface area contributed by atoms with Crippen LogP contribution in [0, 0.1) is 5.82 Å². The molecule has 0 aliphatic heterocycles. The fraction of sp³-hybridized carbons (Fsp3) is 0.500. The van der Waals surface area contributed by atoms with Crippen LogP contribution in [0.2, 0.25) is 0 Å². The van der Waals surface area contributed by atoms with Crippen molar-refractivity contribution in [3.8, 4) is 5.75 Å². The molecule has 0 amide bonds. The van der Waals surface area contributed by atoms with Gasteiger partial charge in [-0.15, -0.1) is 11.6 Å². The van der Waals surface area contributed by atoms with Gasteiger partial charge in [0.05, 0.1) is 36.2 Å². The molecule has 0 spiro atoms. The van der Waals surface area contributed by atoms with Crippen molar-refractivity contribution in [3.63, 3.8) is 0 Å². The van der Waals surface area contributed by atoms with Crippen LogP contribution in [0.25, 0.3) is 11.0 Å². The van der Waals surface area contributed by atoms with Gasteiger partial charge in [0.15, 0.2) is 11.6 Å². The molecule has 2 unspecified atom stereocenters. The Morgan fingerprint density at radius 2 is 2.05 bits per heavy atom. The van der Waals surface area contributed by atoms with Crippen LogP contribution in [-0.4, -0.2) is 30.4 Å². The Morgan fingerprint density at radius 3 is 2.60 bits per heavy atom. The van der Waals surface area contributed by atoms with Crippen molar-refractivity contribution >= 4 is 22.6 Å². The third-order valence-electron chi connectivity index (χ3n) is 3.19. The topological polar surface area (TPSA) is 36.3 Å². The molecule has 110 valence electrons. The van der Waals surface area contributed by atoms with Gasteiger partial charge in [-0.25, -0.2) is 9.37 Å². The van der Waals surface area contributed by atoms with Gasteiger partial charge in [0.1, 0.15) is 5.82 Å². The second-order valence-corrected chi connectivity index (χ2v) is 5.39. The molecule has 6 heteroatoms. The molecule has 4 nitrogen and oxygen atoms in total. The van der Waals surface area contributed by atoms with E-state index in [1.807, 2.05) is 18.4 Å². The number of alkyl halides is 1. The molecule has 1 aromatic heterocycles. The van der Waals surface area contributed by atoms with Crippen molar-refractivity contribution in [2.24, 2.45) is 0 Å². The standard InChI is InChI=1S/C14H18ClFN2O2/c1-8(7-19-3)18-12-6-13(20-4)10(16)5-11(12)17-14(18)9(2)15/h5-6,8-9H,7H2,1-4H3. The first kappa shape index (κ1) is 15.1. The fourth-order valence-electron chi connectivity index (χ4n) is 2.33. The highest BCUT2D eigenvalue weighted by molar-refractivity contribution is 6.20. The van der Waals surface area contributed by atoms with E-state index in [9.17, 15) is 4.39 Å². The van der Waals surface area contributed by atoms with Crippen molar-refractivity contribution in [2.45, 2.75) is 25.3 Å². The molecule has 2 atom stereocenters. The summed E-state index contributed by atoms with van der Waals surface area (Å²) in [6, 6.07) is 3.05. The second-order valence-electron chi connectivity index (χ2n) is 4.74. The number of halogens is 2. The predicted octanol–water partition coefficient (Wildman–Crippen LogP) is 3.69. The van der Waals surface area contributed by atoms with Crippen LogP contribution in [0.1, 0.15) is 31.1 Å². The quantitative estimate of drug-likeness (QED) is 0.790. The average molecular weight is 301 g/mol. The molecule has 0 aliphatic rings. The van der Waals surface area contributed by atoms with E-state index in [1.54, 1.807) is 13.2 Å². The van der Waals surface area contributed by atoms with Crippen molar-refractivity contribution in [1.82, 2.24) is 9.55 Å². The maximum Gasteiger partial charge on any atom is 0.167 e. The number of rotatable bonds is 5. The number of methoxy groups -OCH3 is 2. The molecular weight excluding hydrogens is 283 g/mol. The number of hydrogen-bond donors (Lipinski definition) is 0. The van der Waals surface area contributed by atoms with Crippen LogP contribution in [0.5, 0.6) is 5.75 Å². The SMILES string of the molecule is COCC(C)n1c(C(C)Cl)nc2cc(F)c(OC)cc21. The van der Waals surface area contributed by atoms with E-state index in [4.69, 9.17) is 21.1 Å². The third-order valence-corrected chi connectivity index (χ3v) is 3.39. The van der Waals surface area contributed by atoms with Gasteiger partial charge in [-0.2, -0.15) is 0 Å². The molecule has 0 aliphatic carbocycles. The Hall–Kier alpha value is -1.33. The number of fused-ring (bicyclic) bond motifs is 1. The summed E-state index contributed by atoms with van der Waals surface area (Å²) in [5.41, 5.74) is 1.35. The molecule has 0 N–H and O–H groups in total. The lowest BCUT2D eigenvalue weighted by atomic mass is 10.2. The van der Waals surface area contributed by atoms with E-state index in [1.165, 1.54) is 13.2 Å². The van der Waals surface area contributed by atoms with E-state index in [-0.39, 0.29) is 17.2 Å². The number of nitrogens with zero attached hydrogens (tertiary/aromatic N) is 2. The number of aromatic nitrogens is 2. The zero-order valence-electron chi connectivity index (χ0n) is 12.0. The first-order valence-electron chi connectivity index (χ1n) is 6.38. The van der Waals surface area contributed by atoms with Gasteiger partial charge >= 0.3 is 0 Å². The summed E-state index contributed by atoms with van der Waals surface area (Å²) in [6.07, 6.45) is 0. The minimum Gasteiger partial charge on any atom is -0.494 e. The van der Waals surface area contributed by atoms with Gasteiger partial charge < -0.3 is 14.0 Å². The van der Waals surface area contributed by atoms with Crippen molar-refractivity contribution in [2.75, 3.05) is 20.8 Å². The van der Waals surface area contributed by atoms with Crippen LogP contribution in [0.4, 0.5) is 4.39 Å². The lowest BCUT2D eigenvalue weighted by molar-refractivity contribution is 0.162. The van der Waals surface area contributed by atoms with Gasteiger partial charge in [0.25, 0.3) is 0 Å². The zero-order chi connectivity index (χ0) is 14.9. The van der Waals surface area contributed by atoms with E-state index in [0.29, 0.717) is 17.9 Å². The van der Waals surface area contributed by atoms with Crippen molar-refractivity contribution in [1.29, 1.82) is 0 Å². The third kappa shape index (κ3) is 2.60. The van der Waals surface area contributed by atoms with Crippen LogP contribution < -0.4 is 4.74 Å². The Kier molecular flexibility index (Phi) is 4.50. The van der Waals surface area contributed by atoms with E-state index < -0.39 is 5.82 Å². The normalized spacial score (nSPS) is 14.5. The van der Waals surface area contributed by atoms with Crippen LogP contribution in [-0.2, 0) is 4.74 Å². The molecular formula is C14H18ClFN2O2. The second kappa shape index (κ2) is 5.97. The minimum absolute atomic E-state index is 0.0383. The Labute approximate surface area is 122 Å². The monoisotopic (exact) mass is 300 g/mol. The van der Waals surface area contributed by atoms with Gasteiger partial charge in [-0.3, -0.25) is 0 Å². The largest absolute Gasteiger partial charge is 0.494 e. The molecule has 1 aromatic carbocycles. The number of imidazole rings is 1. The summed E-state index contributed by atoms with van der Waals surface area (Å²) in [6.45, 7) is 4.36. The Bertz CT molecular complexity index is 613. The summed E-state index contributed by atoms with van der Waals surface area (Å²) >= 11 is 6.19. The summed E-state index contributed by atoms with van der Waals surface area (Å²) in [7, 11) is 3.08. The van der Waals surface area contributed by atoms with Gasteiger partial charge in [0, 0.05) is 19.2 Å². The Morgan fingerprint density at radius 1 is 1.35 bits per heavy atom. The van der Waals surface area contributed by atoms with E-state index in [2.05, 4.69) is 4.98 Å². The molecule has 2 aromatic rings. The number of ether oxygens (including phenoxy) is 2. The minimum atomic E-state index is -0.433. The number of benzene rings is 1.